The van der Waals surface area contributed by atoms with E-state index in [1.165, 1.54) is 31.5 Å². The number of piperidine rings is 3. The molecule has 3 atom stereocenters. The van der Waals surface area contributed by atoms with Crippen LogP contribution in [-0.2, 0) is 6.54 Å². The molecule has 28 heavy (non-hydrogen) atoms. The third kappa shape index (κ3) is 3.18. The van der Waals surface area contributed by atoms with E-state index >= 15 is 0 Å². The van der Waals surface area contributed by atoms with Gasteiger partial charge in [0.15, 0.2) is 0 Å². The number of nitrogens with zero attached hydrogens (tertiary/aromatic N) is 4. The lowest BCUT2D eigenvalue weighted by molar-refractivity contribution is -0.00873. The average molecular weight is 381 g/mol. The molecule has 0 spiro atoms. The van der Waals surface area contributed by atoms with E-state index < -0.39 is 0 Å². The van der Waals surface area contributed by atoms with Gasteiger partial charge in [0.25, 0.3) is 0 Å². The summed E-state index contributed by atoms with van der Waals surface area (Å²) < 4.78 is 13.5. The van der Waals surface area contributed by atoms with Gasteiger partial charge in [-0.25, -0.2) is 14.4 Å². The molecule has 6 rings (SSSR count). The first-order chi connectivity index (χ1) is 13.7. The van der Waals surface area contributed by atoms with Gasteiger partial charge in [0.1, 0.15) is 5.82 Å². The van der Waals surface area contributed by atoms with Crippen LogP contribution >= 0.6 is 0 Å². The Labute approximate surface area is 166 Å². The monoisotopic (exact) mass is 381 g/mol. The standard InChI is InChI=1S/C22H28FN5/c1-2-24-22-25-11-15(12-26-22)13-28-14-19(16-3-5-18(23)6-4-16)21-20(28)17-7-9-27(21)10-8-17/h3-6,11-12,17,19-21H,2,7-10,13-14H2,1H3,(H,24,25,26)/t19-,20+,21+/m0/s1. The van der Waals surface area contributed by atoms with Crippen molar-refractivity contribution in [2.75, 3.05) is 31.5 Å². The molecule has 1 aromatic carbocycles. The van der Waals surface area contributed by atoms with Crippen LogP contribution in [0, 0.1) is 11.7 Å². The van der Waals surface area contributed by atoms with E-state index in [0.717, 1.165) is 31.1 Å². The number of nitrogens with one attached hydrogen (secondary N) is 1. The van der Waals surface area contributed by atoms with Crippen molar-refractivity contribution in [1.29, 1.82) is 0 Å². The predicted octanol–water partition coefficient (Wildman–Crippen LogP) is 3.11. The summed E-state index contributed by atoms with van der Waals surface area (Å²) in [4.78, 5) is 14.2. The van der Waals surface area contributed by atoms with Crippen molar-refractivity contribution in [3.8, 4) is 0 Å². The van der Waals surface area contributed by atoms with E-state index in [9.17, 15) is 4.39 Å². The molecule has 4 fully saturated rings. The number of likely N-dealkylation sites (tertiary alicyclic amines) is 1. The van der Waals surface area contributed by atoms with E-state index in [0.29, 0.717) is 23.9 Å². The molecule has 4 aliphatic heterocycles. The molecular weight excluding hydrogens is 353 g/mol. The van der Waals surface area contributed by atoms with Gasteiger partial charge in [-0.1, -0.05) is 12.1 Å². The fourth-order valence-corrected chi connectivity index (χ4v) is 5.65. The molecule has 4 saturated heterocycles. The molecule has 0 unspecified atom stereocenters. The minimum Gasteiger partial charge on any atom is -0.355 e. The SMILES string of the molecule is CCNc1ncc(CN2C[C@@H](c3ccc(F)cc3)[C@@H]3[C@H]2C2CCN3CC2)cn1. The first-order valence-corrected chi connectivity index (χ1v) is 10.5. The quantitative estimate of drug-likeness (QED) is 0.862. The Balaban J connectivity index is 1.41. The van der Waals surface area contributed by atoms with Gasteiger partial charge in [0, 0.05) is 55.6 Å². The molecule has 0 saturated carbocycles. The molecule has 0 aliphatic carbocycles. The van der Waals surface area contributed by atoms with Gasteiger partial charge in [-0.15, -0.1) is 0 Å². The Kier molecular flexibility index (Phi) is 4.77. The third-order valence-corrected chi connectivity index (χ3v) is 6.82. The molecule has 2 bridgehead atoms. The Morgan fingerprint density at radius 2 is 1.79 bits per heavy atom. The summed E-state index contributed by atoms with van der Waals surface area (Å²) in [6.07, 6.45) is 6.49. The van der Waals surface area contributed by atoms with E-state index in [-0.39, 0.29) is 5.82 Å². The Hall–Kier alpha value is -2.05. The van der Waals surface area contributed by atoms with Crippen molar-refractivity contribution in [3.05, 3.63) is 53.6 Å². The highest BCUT2D eigenvalue weighted by Gasteiger charge is 2.53. The van der Waals surface area contributed by atoms with Crippen molar-refractivity contribution in [3.63, 3.8) is 0 Å². The lowest BCUT2D eigenvalue weighted by atomic mass is 9.75. The maximum atomic E-state index is 13.5. The topological polar surface area (TPSA) is 44.3 Å². The highest BCUT2D eigenvalue weighted by atomic mass is 19.1. The van der Waals surface area contributed by atoms with Crippen LogP contribution in [0.15, 0.2) is 36.7 Å². The van der Waals surface area contributed by atoms with E-state index in [4.69, 9.17) is 0 Å². The molecule has 148 valence electrons. The molecule has 6 heteroatoms. The van der Waals surface area contributed by atoms with Crippen LogP contribution in [0.1, 0.15) is 36.8 Å². The first kappa shape index (κ1) is 18.0. The molecule has 5 heterocycles. The van der Waals surface area contributed by atoms with Crippen molar-refractivity contribution >= 4 is 5.95 Å². The van der Waals surface area contributed by atoms with Crippen molar-refractivity contribution in [1.82, 2.24) is 19.8 Å². The van der Waals surface area contributed by atoms with E-state index in [2.05, 4.69) is 25.1 Å². The van der Waals surface area contributed by atoms with Crippen molar-refractivity contribution in [2.24, 2.45) is 5.92 Å². The molecule has 2 aromatic rings. The minimum atomic E-state index is -0.154. The fraction of sp³-hybridized carbons (Fsp3) is 0.545. The molecule has 5 nitrogen and oxygen atoms in total. The zero-order valence-corrected chi connectivity index (χ0v) is 16.4. The summed E-state index contributed by atoms with van der Waals surface area (Å²) in [5, 5.41) is 3.16. The van der Waals surface area contributed by atoms with Gasteiger partial charge in [-0.3, -0.25) is 9.80 Å². The van der Waals surface area contributed by atoms with Crippen LogP contribution < -0.4 is 5.32 Å². The predicted molar refractivity (Wildman–Crippen MR) is 108 cm³/mol. The van der Waals surface area contributed by atoms with E-state index in [1.807, 2.05) is 31.5 Å². The fourth-order valence-electron chi connectivity index (χ4n) is 5.65. The minimum absolute atomic E-state index is 0.154. The second-order valence-corrected chi connectivity index (χ2v) is 8.39. The van der Waals surface area contributed by atoms with Crippen LogP contribution in [-0.4, -0.2) is 58.0 Å². The maximum Gasteiger partial charge on any atom is 0.222 e. The van der Waals surface area contributed by atoms with E-state index in [1.54, 1.807) is 12.1 Å². The maximum absolute atomic E-state index is 13.5. The number of benzene rings is 1. The number of hydrogen-bond acceptors (Lipinski definition) is 5. The summed E-state index contributed by atoms with van der Waals surface area (Å²) >= 11 is 0. The first-order valence-electron chi connectivity index (χ1n) is 10.5. The number of aromatic nitrogens is 2. The lowest BCUT2D eigenvalue weighted by Gasteiger charge is -2.51. The van der Waals surface area contributed by atoms with Crippen LogP contribution in [0.3, 0.4) is 0 Å². The number of halogens is 1. The molecule has 1 N–H and O–H groups in total. The number of rotatable bonds is 5. The number of anilines is 1. The van der Waals surface area contributed by atoms with Gasteiger partial charge in [-0.05, 0) is 56.5 Å². The van der Waals surface area contributed by atoms with Crippen LogP contribution in [0.5, 0.6) is 0 Å². The largest absolute Gasteiger partial charge is 0.355 e. The van der Waals surface area contributed by atoms with Gasteiger partial charge in [0.05, 0.1) is 0 Å². The molecule has 4 aliphatic rings. The zero-order chi connectivity index (χ0) is 19.1. The normalized spacial score (nSPS) is 31.7. The molecule has 1 aromatic heterocycles. The number of hydrogen-bond donors (Lipinski definition) is 1. The second kappa shape index (κ2) is 7.41. The summed E-state index contributed by atoms with van der Waals surface area (Å²) in [5.74, 6) is 1.74. The van der Waals surface area contributed by atoms with Crippen molar-refractivity contribution in [2.45, 2.75) is 44.3 Å². The van der Waals surface area contributed by atoms with Gasteiger partial charge < -0.3 is 5.32 Å². The van der Waals surface area contributed by atoms with Gasteiger partial charge in [-0.2, -0.15) is 0 Å². The average Bonchev–Trinajstić information content (AvgIpc) is 3.13. The Bertz CT molecular complexity index is 801. The van der Waals surface area contributed by atoms with Crippen LogP contribution in [0.2, 0.25) is 0 Å². The summed E-state index contributed by atoms with van der Waals surface area (Å²) in [6.45, 7) is 7.19. The lowest BCUT2D eigenvalue weighted by Crippen LogP contribution is -2.59. The smallest absolute Gasteiger partial charge is 0.222 e. The van der Waals surface area contributed by atoms with Crippen LogP contribution in [0.4, 0.5) is 10.3 Å². The Morgan fingerprint density at radius 3 is 2.46 bits per heavy atom. The highest BCUT2D eigenvalue weighted by Crippen LogP contribution is 2.46. The van der Waals surface area contributed by atoms with Crippen molar-refractivity contribution < 1.29 is 4.39 Å². The highest BCUT2D eigenvalue weighted by molar-refractivity contribution is 5.28. The molecule has 0 amide bonds. The second-order valence-electron chi connectivity index (χ2n) is 8.39. The van der Waals surface area contributed by atoms with Crippen LogP contribution in [0.25, 0.3) is 0 Å². The summed E-state index contributed by atoms with van der Waals surface area (Å²) in [7, 11) is 0. The summed E-state index contributed by atoms with van der Waals surface area (Å²) in [5.41, 5.74) is 2.43. The third-order valence-electron chi connectivity index (χ3n) is 6.82. The molecular formula is C22H28FN5. The molecule has 0 radical (unpaired) electrons. The Morgan fingerprint density at radius 1 is 1.07 bits per heavy atom. The number of fused-ring (bicyclic) bond motifs is 2. The van der Waals surface area contributed by atoms with Gasteiger partial charge >= 0.3 is 0 Å². The summed E-state index contributed by atoms with van der Waals surface area (Å²) in [6, 6.07) is 8.30. The van der Waals surface area contributed by atoms with Gasteiger partial charge in [0.2, 0.25) is 5.95 Å². The zero-order valence-electron chi connectivity index (χ0n) is 16.4.